The van der Waals surface area contributed by atoms with Crippen LogP contribution in [0.3, 0.4) is 0 Å². The van der Waals surface area contributed by atoms with Gasteiger partial charge in [0.1, 0.15) is 25.0 Å². The van der Waals surface area contributed by atoms with E-state index in [1.165, 1.54) is 4.90 Å². The maximum Gasteiger partial charge on any atom is 0.193 e. The SMILES string of the molecule is Cc1ccc(N2CC[NH+](CC(O)COc3ccc(C(=O)c4ccc(Cl)cc4)cc3)CC2)cc1Cl. The van der Waals surface area contributed by atoms with Gasteiger partial charge >= 0.3 is 0 Å². The third-order valence-electron chi connectivity index (χ3n) is 6.18. The third kappa shape index (κ3) is 6.30. The Morgan fingerprint density at radius 1 is 1.00 bits per heavy atom. The lowest BCUT2D eigenvalue weighted by Gasteiger charge is -2.34. The van der Waals surface area contributed by atoms with Gasteiger partial charge in [0.2, 0.25) is 0 Å². The zero-order valence-corrected chi connectivity index (χ0v) is 20.6. The van der Waals surface area contributed by atoms with Crippen LogP contribution in [0.2, 0.25) is 10.0 Å². The highest BCUT2D eigenvalue weighted by molar-refractivity contribution is 6.31. The number of carbonyl (C=O) groups is 1. The molecule has 3 aromatic carbocycles. The van der Waals surface area contributed by atoms with Crippen molar-refractivity contribution in [2.24, 2.45) is 0 Å². The van der Waals surface area contributed by atoms with Crippen molar-refractivity contribution < 1.29 is 19.5 Å². The molecule has 3 aromatic rings. The Hall–Kier alpha value is -2.57. The minimum Gasteiger partial charge on any atom is -0.491 e. The van der Waals surface area contributed by atoms with Crippen molar-refractivity contribution in [3.8, 4) is 5.75 Å². The van der Waals surface area contributed by atoms with Gasteiger partial charge in [-0.2, -0.15) is 0 Å². The molecule has 4 rings (SSSR count). The number of nitrogens with zero attached hydrogens (tertiary/aromatic N) is 1. The Balaban J connectivity index is 1.22. The quantitative estimate of drug-likeness (QED) is 0.464. The topological polar surface area (TPSA) is 54.2 Å². The van der Waals surface area contributed by atoms with Gasteiger partial charge in [-0.1, -0.05) is 29.3 Å². The highest BCUT2D eigenvalue weighted by Gasteiger charge is 2.23. The van der Waals surface area contributed by atoms with E-state index in [1.807, 2.05) is 13.0 Å². The molecule has 5 nitrogen and oxygen atoms in total. The van der Waals surface area contributed by atoms with Crippen LogP contribution in [0.15, 0.2) is 66.7 Å². The molecule has 1 aliphatic heterocycles. The highest BCUT2D eigenvalue weighted by Crippen LogP contribution is 2.23. The van der Waals surface area contributed by atoms with Gasteiger partial charge in [0, 0.05) is 26.9 Å². The van der Waals surface area contributed by atoms with Crippen molar-refractivity contribution in [1.29, 1.82) is 0 Å². The largest absolute Gasteiger partial charge is 0.491 e. The Morgan fingerprint density at radius 3 is 2.24 bits per heavy atom. The molecule has 0 spiro atoms. The van der Waals surface area contributed by atoms with E-state index < -0.39 is 6.10 Å². The minimum absolute atomic E-state index is 0.0705. The van der Waals surface area contributed by atoms with Gasteiger partial charge in [-0.15, -0.1) is 0 Å². The summed E-state index contributed by atoms with van der Waals surface area (Å²) in [7, 11) is 0. The van der Waals surface area contributed by atoms with E-state index in [9.17, 15) is 9.90 Å². The van der Waals surface area contributed by atoms with E-state index in [2.05, 4.69) is 17.0 Å². The van der Waals surface area contributed by atoms with Crippen molar-refractivity contribution in [3.63, 3.8) is 0 Å². The zero-order chi connectivity index (χ0) is 24.1. The van der Waals surface area contributed by atoms with Crippen LogP contribution in [0, 0.1) is 6.92 Å². The molecule has 0 amide bonds. The molecule has 1 aliphatic rings. The second kappa shape index (κ2) is 11.2. The number of aryl methyl sites for hydroxylation is 1. The summed E-state index contributed by atoms with van der Waals surface area (Å²) < 4.78 is 5.76. The van der Waals surface area contributed by atoms with E-state index in [-0.39, 0.29) is 12.4 Å². The summed E-state index contributed by atoms with van der Waals surface area (Å²) in [5.41, 5.74) is 3.39. The number of carbonyl (C=O) groups excluding carboxylic acids is 1. The van der Waals surface area contributed by atoms with Gasteiger partial charge in [-0.05, 0) is 73.2 Å². The number of aliphatic hydroxyl groups is 1. The van der Waals surface area contributed by atoms with Crippen LogP contribution >= 0.6 is 23.2 Å². The summed E-state index contributed by atoms with van der Waals surface area (Å²) in [6, 6.07) is 20.0. The number of aliphatic hydroxyl groups excluding tert-OH is 1. The van der Waals surface area contributed by atoms with Crippen LogP contribution in [-0.4, -0.2) is 56.3 Å². The van der Waals surface area contributed by atoms with Gasteiger partial charge in [0.15, 0.2) is 5.78 Å². The van der Waals surface area contributed by atoms with Gasteiger partial charge in [0.05, 0.1) is 26.2 Å². The summed E-state index contributed by atoms with van der Waals surface area (Å²) in [5.74, 6) is 0.557. The molecule has 0 saturated carbocycles. The normalized spacial score (nSPS) is 15.2. The number of piperazine rings is 1. The van der Waals surface area contributed by atoms with Crippen molar-refractivity contribution >= 4 is 34.7 Å². The number of quaternary nitrogens is 1. The van der Waals surface area contributed by atoms with Crippen molar-refractivity contribution in [1.82, 2.24) is 0 Å². The van der Waals surface area contributed by atoms with Crippen LogP contribution in [0.25, 0.3) is 0 Å². The maximum absolute atomic E-state index is 12.6. The van der Waals surface area contributed by atoms with Gasteiger partial charge in [-0.25, -0.2) is 0 Å². The van der Waals surface area contributed by atoms with Crippen molar-refractivity contribution in [2.75, 3.05) is 44.2 Å². The fraction of sp³-hybridized carbons (Fsp3) is 0.296. The molecule has 2 N–H and O–H groups in total. The summed E-state index contributed by atoms with van der Waals surface area (Å²) >= 11 is 12.2. The van der Waals surface area contributed by atoms with Gasteiger partial charge < -0.3 is 19.6 Å². The molecule has 1 heterocycles. The smallest absolute Gasteiger partial charge is 0.193 e. The number of hydrogen-bond acceptors (Lipinski definition) is 4. The van der Waals surface area contributed by atoms with Gasteiger partial charge in [0.25, 0.3) is 0 Å². The summed E-state index contributed by atoms with van der Waals surface area (Å²) in [6.45, 7) is 6.60. The number of halogens is 2. The first kappa shape index (κ1) is 24.6. The number of anilines is 1. The number of benzene rings is 3. The molecule has 7 heteroatoms. The molecule has 0 bridgehead atoms. The predicted octanol–water partition coefficient (Wildman–Crippen LogP) is 3.68. The molecule has 1 fully saturated rings. The molecule has 1 atom stereocenters. The second-order valence-corrected chi connectivity index (χ2v) is 9.54. The molecule has 1 unspecified atom stereocenters. The molecule has 0 aromatic heterocycles. The average molecular weight is 500 g/mol. The van der Waals surface area contributed by atoms with Crippen LogP contribution in [0.4, 0.5) is 5.69 Å². The molecule has 0 radical (unpaired) electrons. The summed E-state index contributed by atoms with van der Waals surface area (Å²) in [4.78, 5) is 16.3. The maximum atomic E-state index is 12.6. The molecular formula is C27H29Cl2N2O3+. The number of hydrogen-bond donors (Lipinski definition) is 2. The monoisotopic (exact) mass is 499 g/mol. The van der Waals surface area contributed by atoms with E-state index in [0.717, 1.165) is 42.5 Å². The number of rotatable bonds is 8. The zero-order valence-electron chi connectivity index (χ0n) is 19.1. The Labute approximate surface area is 210 Å². The molecule has 34 heavy (non-hydrogen) atoms. The summed E-state index contributed by atoms with van der Waals surface area (Å²) in [6.07, 6.45) is -0.564. The average Bonchev–Trinajstić information content (AvgIpc) is 2.85. The highest BCUT2D eigenvalue weighted by atomic mass is 35.5. The van der Waals surface area contributed by atoms with Crippen LogP contribution < -0.4 is 14.5 Å². The number of nitrogens with one attached hydrogen (secondary N) is 1. The fourth-order valence-electron chi connectivity index (χ4n) is 4.12. The number of ketones is 1. The first-order valence-corrected chi connectivity index (χ1v) is 12.2. The number of ether oxygens (including phenoxy) is 1. The summed E-state index contributed by atoms with van der Waals surface area (Å²) in [5, 5.41) is 11.9. The lowest BCUT2D eigenvalue weighted by atomic mass is 10.0. The Morgan fingerprint density at radius 2 is 1.62 bits per heavy atom. The van der Waals surface area contributed by atoms with Crippen molar-refractivity contribution in [3.05, 3.63) is 93.5 Å². The van der Waals surface area contributed by atoms with Crippen LogP contribution in [0.1, 0.15) is 21.5 Å². The van der Waals surface area contributed by atoms with E-state index >= 15 is 0 Å². The molecule has 0 aliphatic carbocycles. The lowest BCUT2D eigenvalue weighted by molar-refractivity contribution is -0.903. The van der Waals surface area contributed by atoms with E-state index in [1.54, 1.807) is 48.5 Å². The lowest BCUT2D eigenvalue weighted by Crippen LogP contribution is -3.16. The molecular weight excluding hydrogens is 471 g/mol. The first-order valence-electron chi connectivity index (χ1n) is 11.4. The first-order chi connectivity index (χ1) is 16.4. The molecule has 1 saturated heterocycles. The van der Waals surface area contributed by atoms with Gasteiger partial charge in [-0.3, -0.25) is 4.79 Å². The second-order valence-electron chi connectivity index (χ2n) is 8.70. The van der Waals surface area contributed by atoms with Crippen LogP contribution in [0.5, 0.6) is 5.75 Å². The Kier molecular flexibility index (Phi) is 8.11. The minimum atomic E-state index is -0.564. The predicted molar refractivity (Wildman–Crippen MR) is 137 cm³/mol. The fourth-order valence-corrected chi connectivity index (χ4v) is 4.42. The molecule has 178 valence electrons. The standard InChI is InChI=1S/C27H28Cl2N2O3/c1-19-2-9-23(16-26(19)29)31-14-12-30(13-15-31)17-24(32)18-34-25-10-5-21(6-11-25)27(33)20-3-7-22(28)8-4-20/h2-11,16,24,32H,12-15,17-18H2,1H3/p+1. The van der Waals surface area contributed by atoms with E-state index in [4.69, 9.17) is 27.9 Å². The third-order valence-corrected chi connectivity index (χ3v) is 6.84. The van der Waals surface area contributed by atoms with Crippen LogP contribution in [-0.2, 0) is 0 Å². The Bertz CT molecular complexity index is 1110. The van der Waals surface area contributed by atoms with E-state index in [0.29, 0.717) is 28.4 Å². The van der Waals surface area contributed by atoms with Crippen molar-refractivity contribution in [2.45, 2.75) is 13.0 Å².